The highest BCUT2D eigenvalue weighted by molar-refractivity contribution is 4.86. The van der Waals surface area contributed by atoms with Gasteiger partial charge in [0.2, 0.25) is 0 Å². The summed E-state index contributed by atoms with van der Waals surface area (Å²) in [6.07, 6.45) is 0. The Morgan fingerprint density at radius 3 is 0.875 bits per heavy atom. The molecule has 0 radical (unpaired) electrons. The van der Waals surface area contributed by atoms with Crippen molar-refractivity contribution in [3.8, 4) is 0 Å². The van der Waals surface area contributed by atoms with Crippen LogP contribution in [0.4, 0.5) is 0 Å². The van der Waals surface area contributed by atoms with Crippen LogP contribution >= 0.6 is 0 Å². The molecule has 6 heteroatoms. The first kappa shape index (κ1) is 20.3. The third-order valence-corrected chi connectivity index (χ3v) is 1.27. The van der Waals surface area contributed by atoms with Gasteiger partial charge in [0.05, 0.1) is 26.4 Å². The summed E-state index contributed by atoms with van der Waals surface area (Å²) in [4.78, 5) is 0. The van der Waals surface area contributed by atoms with E-state index in [2.05, 4.69) is 0 Å². The fourth-order valence-electron chi connectivity index (χ4n) is 0.843. The molecule has 0 rings (SSSR count). The topological polar surface area (TPSA) is 107 Å². The molecule has 0 aromatic heterocycles. The lowest BCUT2D eigenvalue weighted by atomic mass is 10.7. The summed E-state index contributed by atoms with van der Waals surface area (Å²) in [5.41, 5.74) is 0. The molecule has 6 N–H and O–H groups in total. The summed E-state index contributed by atoms with van der Waals surface area (Å²) in [5.74, 6) is 0.664. The van der Waals surface area contributed by atoms with Crippen LogP contribution in [0.1, 0.15) is 27.7 Å². The first-order valence-corrected chi connectivity index (χ1v) is 5.05. The molecule has 0 atom stereocenters. The van der Waals surface area contributed by atoms with Crippen molar-refractivity contribution in [3.63, 3.8) is 0 Å². The van der Waals surface area contributed by atoms with Gasteiger partial charge in [-0.15, -0.1) is 0 Å². The predicted molar refractivity (Wildman–Crippen MR) is 63.6 cm³/mol. The third-order valence-electron chi connectivity index (χ3n) is 1.27. The van der Waals surface area contributed by atoms with Crippen LogP contribution in [-0.4, -0.2) is 26.4 Å². The Balaban J connectivity index is -0.000000845. The van der Waals surface area contributed by atoms with E-state index >= 15 is 0 Å². The second-order valence-electron chi connectivity index (χ2n) is 2.31. The highest BCUT2D eigenvalue weighted by atomic mass is 16.7. The van der Waals surface area contributed by atoms with Crippen LogP contribution in [0.15, 0.2) is 11.9 Å². The van der Waals surface area contributed by atoms with Crippen molar-refractivity contribution in [1.82, 2.24) is 12.3 Å². The maximum absolute atomic E-state index is 5.26. The molecule has 0 aliphatic rings. The lowest BCUT2D eigenvalue weighted by Crippen LogP contribution is -2.08. The molecule has 0 amide bonds. The zero-order valence-corrected chi connectivity index (χ0v) is 10.9. The Morgan fingerprint density at radius 2 is 0.750 bits per heavy atom. The summed E-state index contributed by atoms with van der Waals surface area (Å²) in [6, 6.07) is 0. The van der Waals surface area contributed by atoms with E-state index in [1.165, 1.54) is 0 Å². The van der Waals surface area contributed by atoms with Crippen LogP contribution in [-0.2, 0) is 18.9 Å². The Kier molecular flexibility index (Phi) is 17.6. The molecule has 0 spiro atoms. The van der Waals surface area contributed by atoms with E-state index in [9.17, 15) is 0 Å². The van der Waals surface area contributed by atoms with Crippen molar-refractivity contribution < 1.29 is 18.9 Å². The molecule has 0 aliphatic heterocycles. The van der Waals surface area contributed by atoms with Gasteiger partial charge in [-0.05, 0) is 27.7 Å². The van der Waals surface area contributed by atoms with Gasteiger partial charge >= 0.3 is 11.9 Å². The monoisotopic (exact) mass is 238 g/mol. The number of hydrogen-bond acceptors (Lipinski definition) is 6. The summed E-state index contributed by atoms with van der Waals surface area (Å²) in [6.45, 7) is 9.64. The summed E-state index contributed by atoms with van der Waals surface area (Å²) >= 11 is 0. The first-order valence-electron chi connectivity index (χ1n) is 5.05. The minimum absolute atomic E-state index is 0. The van der Waals surface area contributed by atoms with Gasteiger partial charge in [0, 0.05) is 0 Å². The van der Waals surface area contributed by atoms with Crippen LogP contribution in [0.5, 0.6) is 0 Å². The maximum atomic E-state index is 5.26. The smallest absolute Gasteiger partial charge is 0.364 e. The molecule has 0 bridgehead atoms. The van der Waals surface area contributed by atoms with Crippen LogP contribution < -0.4 is 12.3 Å². The van der Waals surface area contributed by atoms with Gasteiger partial charge in [-0.2, -0.15) is 0 Å². The van der Waals surface area contributed by atoms with Gasteiger partial charge in [0.15, 0.2) is 0 Å². The maximum Gasteiger partial charge on any atom is 0.364 e. The van der Waals surface area contributed by atoms with Crippen molar-refractivity contribution in [2.75, 3.05) is 26.4 Å². The fraction of sp³-hybridized carbons (Fsp3) is 0.800. The predicted octanol–water partition coefficient (Wildman–Crippen LogP) is 2.58. The Morgan fingerprint density at radius 1 is 0.562 bits per heavy atom. The summed E-state index contributed by atoms with van der Waals surface area (Å²) in [5, 5.41) is 0. The van der Waals surface area contributed by atoms with E-state index in [1.54, 1.807) is 0 Å². The van der Waals surface area contributed by atoms with Crippen LogP contribution in [0, 0.1) is 0 Å². The van der Waals surface area contributed by atoms with E-state index < -0.39 is 0 Å². The quantitative estimate of drug-likeness (QED) is 0.629. The van der Waals surface area contributed by atoms with Gasteiger partial charge in [0.1, 0.15) is 0 Å². The molecule has 0 heterocycles. The SMILES string of the molecule is CCOC(OCC)=C(OCC)OCC.N.N. The van der Waals surface area contributed by atoms with E-state index in [4.69, 9.17) is 18.9 Å². The zero-order valence-electron chi connectivity index (χ0n) is 10.9. The third kappa shape index (κ3) is 8.19. The second kappa shape index (κ2) is 13.9. The molecule has 0 saturated carbocycles. The van der Waals surface area contributed by atoms with Gasteiger partial charge in [-0.1, -0.05) is 0 Å². The van der Waals surface area contributed by atoms with Crippen molar-refractivity contribution in [1.29, 1.82) is 0 Å². The Labute approximate surface area is 98.1 Å². The molecule has 0 fully saturated rings. The normalized spacial score (nSPS) is 8.00. The van der Waals surface area contributed by atoms with Crippen molar-refractivity contribution in [2.24, 2.45) is 0 Å². The molecule has 0 aromatic rings. The van der Waals surface area contributed by atoms with Gasteiger partial charge in [-0.25, -0.2) is 0 Å². The Hall–Kier alpha value is -1.14. The minimum atomic E-state index is 0. The fourth-order valence-corrected chi connectivity index (χ4v) is 0.843. The summed E-state index contributed by atoms with van der Waals surface area (Å²) < 4.78 is 21.0. The molecule has 100 valence electrons. The van der Waals surface area contributed by atoms with Crippen molar-refractivity contribution >= 4 is 0 Å². The molecule has 16 heavy (non-hydrogen) atoms. The van der Waals surface area contributed by atoms with E-state index in [-0.39, 0.29) is 12.3 Å². The highest BCUT2D eigenvalue weighted by Crippen LogP contribution is 2.11. The molecule has 0 aromatic carbocycles. The lowest BCUT2D eigenvalue weighted by Gasteiger charge is -2.14. The zero-order chi connectivity index (χ0) is 10.8. The molecule has 0 unspecified atom stereocenters. The second-order valence-corrected chi connectivity index (χ2v) is 2.31. The Bertz CT molecular complexity index is 140. The molecule has 0 aliphatic carbocycles. The molecular formula is C10H26N2O4. The average molecular weight is 238 g/mol. The highest BCUT2D eigenvalue weighted by Gasteiger charge is 2.12. The minimum Gasteiger partial charge on any atom is -0.461 e. The van der Waals surface area contributed by atoms with E-state index in [0.29, 0.717) is 38.3 Å². The van der Waals surface area contributed by atoms with Gasteiger partial charge in [-0.3, -0.25) is 0 Å². The molecule has 6 nitrogen and oxygen atoms in total. The average Bonchev–Trinajstić information content (AvgIpc) is 2.17. The first-order chi connectivity index (χ1) is 6.79. The molecule has 0 saturated heterocycles. The molecular weight excluding hydrogens is 212 g/mol. The summed E-state index contributed by atoms with van der Waals surface area (Å²) in [7, 11) is 0. The van der Waals surface area contributed by atoms with E-state index in [0.717, 1.165) is 0 Å². The van der Waals surface area contributed by atoms with Crippen molar-refractivity contribution in [3.05, 3.63) is 11.9 Å². The van der Waals surface area contributed by atoms with Gasteiger partial charge < -0.3 is 31.2 Å². The van der Waals surface area contributed by atoms with Crippen LogP contribution in [0.25, 0.3) is 0 Å². The number of rotatable bonds is 8. The van der Waals surface area contributed by atoms with Crippen LogP contribution in [0.3, 0.4) is 0 Å². The number of hydrogen-bond donors (Lipinski definition) is 2. The largest absolute Gasteiger partial charge is 0.461 e. The standard InChI is InChI=1S/C10H20O4.2H3N/c1-5-11-9(12-6-2)10(13-7-3)14-8-4;;/h5-8H2,1-4H3;2*1H3. The number of ether oxygens (including phenoxy) is 4. The lowest BCUT2D eigenvalue weighted by molar-refractivity contribution is -0.0354. The van der Waals surface area contributed by atoms with Gasteiger partial charge in [0.25, 0.3) is 0 Å². The van der Waals surface area contributed by atoms with Crippen LogP contribution in [0.2, 0.25) is 0 Å². The van der Waals surface area contributed by atoms with E-state index in [1.807, 2.05) is 27.7 Å². The van der Waals surface area contributed by atoms with Crippen molar-refractivity contribution in [2.45, 2.75) is 27.7 Å².